The molecular weight excluding hydrogens is 458 g/mol. The predicted molar refractivity (Wildman–Crippen MR) is 130 cm³/mol. The highest BCUT2D eigenvalue weighted by atomic mass is 35.5. The van der Waals surface area contributed by atoms with Gasteiger partial charge in [0.25, 0.3) is 0 Å². The number of anilines is 2. The fourth-order valence-corrected chi connectivity index (χ4v) is 3.79. The molecule has 0 amide bonds. The maximum absolute atomic E-state index is 13.6. The molecule has 1 saturated heterocycles. The van der Waals surface area contributed by atoms with Gasteiger partial charge in [-0.05, 0) is 44.4 Å². The highest BCUT2D eigenvalue weighted by molar-refractivity contribution is 6.31. The van der Waals surface area contributed by atoms with Gasteiger partial charge in [0.15, 0.2) is 5.78 Å². The largest absolute Gasteiger partial charge is 0.488 e. The molecule has 1 atom stereocenters. The number of ether oxygens (including phenoxy) is 2. The van der Waals surface area contributed by atoms with E-state index < -0.39 is 5.82 Å². The van der Waals surface area contributed by atoms with Gasteiger partial charge in [-0.15, -0.1) is 0 Å². The molecule has 1 aliphatic rings. The smallest absolute Gasteiger partial charge is 0.159 e. The summed E-state index contributed by atoms with van der Waals surface area (Å²) >= 11 is 5.92. The second-order valence-corrected chi connectivity index (χ2v) is 8.77. The van der Waals surface area contributed by atoms with Crippen LogP contribution < -0.4 is 10.1 Å². The van der Waals surface area contributed by atoms with E-state index in [1.807, 2.05) is 37.2 Å². The molecule has 7 nitrogen and oxygen atoms in total. The Balaban J connectivity index is 1.68. The van der Waals surface area contributed by atoms with Gasteiger partial charge in [-0.25, -0.2) is 14.4 Å². The normalized spacial score (nSPS) is 16.0. The third-order valence-electron chi connectivity index (χ3n) is 5.32. The van der Waals surface area contributed by atoms with Crippen molar-refractivity contribution < 1.29 is 18.7 Å². The average Bonchev–Trinajstić information content (AvgIpc) is 3.30. The van der Waals surface area contributed by atoms with E-state index >= 15 is 0 Å². The lowest BCUT2D eigenvalue weighted by atomic mass is 10.0. The first kappa shape index (κ1) is 24.1. The summed E-state index contributed by atoms with van der Waals surface area (Å²) in [6.07, 6.45) is 5.75. The van der Waals surface area contributed by atoms with Crippen LogP contribution in [0, 0.1) is 5.82 Å². The molecule has 9 heteroatoms. The van der Waals surface area contributed by atoms with Crippen molar-refractivity contribution in [1.29, 1.82) is 0 Å². The first-order valence-electron chi connectivity index (χ1n) is 11.0. The zero-order valence-electron chi connectivity index (χ0n) is 19.1. The first-order valence-corrected chi connectivity index (χ1v) is 11.3. The second kappa shape index (κ2) is 10.9. The molecule has 0 aliphatic carbocycles. The van der Waals surface area contributed by atoms with Gasteiger partial charge < -0.3 is 19.7 Å². The number of nitrogens with one attached hydrogen (secondary N) is 1. The van der Waals surface area contributed by atoms with Crippen LogP contribution in [0.5, 0.6) is 5.75 Å². The van der Waals surface area contributed by atoms with E-state index in [0.29, 0.717) is 47.9 Å². The Morgan fingerprint density at radius 3 is 2.91 bits per heavy atom. The molecule has 1 aromatic heterocycles. The molecule has 0 radical (unpaired) electrons. The lowest BCUT2D eigenvalue weighted by Gasteiger charge is -2.17. The number of aromatic nitrogens is 2. The van der Waals surface area contributed by atoms with Gasteiger partial charge >= 0.3 is 0 Å². The Kier molecular flexibility index (Phi) is 7.72. The fourth-order valence-electron chi connectivity index (χ4n) is 3.61. The summed E-state index contributed by atoms with van der Waals surface area (Å²) in [6.45, 7) is 1.83. The number of likely N-dealkylation sites (N-methyl/N-ethyl adjacent to an activating group) is 1. The summed E-state index contributed by atoms with van der Waals surface area (Å²) in [4.78, 5) is 23.4. The van der Waals surface area contributed by atoms with Gasteiger partial charge in [-0.2, -0.15) is 0 Å². The third-order valence-corrected chi connectivity index (χ3v) is 5.61. The number of hydrogen-bond acceptors (Lipinski definition) is 7. The standard InChI is InChI=1S/C25H26ClFN4O3/c1-31(2)8-3-4-18(32)10-16-11-20-23(13-24(16)34-19-7-9-33-14-19)28-15-29-25(20)30-17-5-6-22(27)21(26)12-17/h3-6,11-13,15,19H,7-10,14H2,1-2H3,(H,28,29,30)/b4-3+/i27-1. The summed E-state index contributed by atoms with van der Waals surface area (Å²) in [5.74, 6) is 0.582. The monoisotopic (exact) mass is 483 g/mol. The predicted octanol–water partition coefficient (Wildman–Crippen LogP) is 4.56. The topological polar surface area (TPSA) is 76.6 Å². The zero-order valence-corrected chi connectivity index (χ0v) is 19.8. The molecule has 0 spiro atoms. The summed E-state index contributed by atoms with van der Waals surface area (Å²) < 4.78 is 25.2. The van der Waals surface area contributed by atoms with E-state index in [9.17, 15) is 9.18 Å². The van der Waals surface area contributed by atoms with Crippen molar-refractivity contribution in [2.24, 2.45) is 0 Å². The molecule has 1 unspecified atom stereocenters. The number of halogens is 2. The van der Waals surface area contributed by atoms with Crippen LogP contribution in [-0.2, 0) is 16.0 Å². The molecule has 4 rings (SSSR count). The van der Waals surface area contributed by atoms with E-state index in [1.165, 1.54) is 18.5 Å². The molecule has 1 aliphatic heterocycles. The lowest BCUT2D eigenvalue weighted by Crippen LogP contribution is -2.17. The van der Waals surface area contributed by atoms with E-state index in [2.05, 4.69) is 15.3 Å². The van der Waals surface area contributed by atoms with Gasteiger partial charge in [0.2, 0.25) is 0 Å². The van der Waals surface area contributed by atoms with Crippen molar-refractivity contribution in [1.82, 2.24) is 14.9 Å². The van der Waals surface area contributed by atoms with Crippen molar-refractivity contribution in [2.45, 2.75) is 18.9 Å². The Hall–Kier alpha value is -3.07. The fraction of sp³-hybridized carbons (Fsp3) is 0.320. The van der Waals surface area contributed by atoms with Crippen LogP contribution in [0.3, 0.4) is 0 Å². The van der Waals surface area contributed by atoms with Crippen LogP contribution in [0.2, 0.25) is 5.02 Å². The van der Waals surface area contributed by atoms with Crippen molar-refractivity contribution in [3.63, 3.8) is 0 Å². The maximum atomic E-state index is 13.6. The van der Waals surface area contributed by atoms with Crippen molar-refractivity contribution in [2.75, 3.05) is 39.2 Å². The van der Waals surface area contributed by atoms with E-state index in [1.54, 1.807) is 12.1 Å². The maximum Gasteiger partial charge on any atom is 0.159 e. The number of rotatable bonds is 9. The Labute approximate surface area is 202 Å². The summed E-state index contributed by atoms with van der Waals surface area (Å²) in [5, 5.41) is 3.88. The van der Waals surface area contributed by atoms with E-state index in [0.717, 1.165) is 12.0 Å². The van der Waals surface area contributed by atoms with Gasteiger partial charge in [-0.1, -0.05) is 17.7 Å². The minimum atomic E-state index is -0.499. The molecule has 2 aromatic carbocycles. The Bertz CT molecular complexity index is 1210. The van der Waals surface area contributed by atoms with Crippen molar-refractivity contribution in [3.8, 4) is 5.75 Å². The number of allylic oxidation sites excluding steroid dienone is 1. The molecule has 2 heterocycles. The van der Waals surface area contributed by atoms with Crippen LogP contribution in [0.15, 0.2) is 48.8 Å². The van der Waals surface area contributed by atoms with Crippen LogP contribution in [0.25, 0.3) is 10.9 Å². The molecule has 0 bridgehead atoms. The number of carbonyl (C=O) groups excluding carboxylic acids is 1. The highest BCUT2D eigenvalue weighted by Crippen LogP contribution is 2.32. The Morgan fingerprint density at radius 1 is 1.32 bits per heavy atom. The summed E-state index contributed by atoms with van der Waals surface area (Å²) in [6, 6.07) is 8.04. The second-order valence-electron chi connectivity index (χ2n) is 8.36. The van der Waals surface area contributed by atoms with Gasteiger partial charge in [-0.3, -0.25) is 4.79 Å². The SMILES string of the molecule is CN(C)C/C=C/C(=O)Cc1cc2c(Nc3ccc([18F])c(Cl)c3)ncnc2cc1OC1CCOC1. The summed E-state index contributed by atoms with van der Waals surface area (Å²) in [7, 11) is 3.88. The quantitative estimate of drug-likeness (QED) is 0.447. The zero-order chi connectivity index (χ0) is 24.1. The number of nitrogens with zero attached hydrogens (tertiary/aromatic N) is 3. The number of ketones is 1. The number of carbonyl (C=O) groups is 1. The van der Waals surface area contributed by atoms with Crippen molar-refractivity contribution in [3.05, 3.63) is 65.2 Å². The Morgan fingerprint density at radius 2 is 2.18 bits per heavy atom. The van der Waals surface area contributed by atoms with Gasteiger partial charge in [0.1, 0.15) is 29.8 Å². The van der Waals surface area contributed by atoms with E-state index in [-0.39, 0.29) is 23.3 Å². The average molecular weight is 484 g/mol. The summed E-state index contributed by atoms with van der Waals surface area (Å²) in [5.41, 5.74) is 1.96. The molecule has 178 valence electrons. The molecule has 1 fully saturated rings. The number of fused-ring (bicyclic) bond motifs is 1. The molecule has 34 heavy (non-hydrogen) atoms. The third kappa shape index (κ3) is 6.08. The van der Waals surface area contributed by atoms with Gasteiger partial charge in [0, 0.05) is 42.1 Å². The minimum Gasteiger partial charge on any atom is -0.488 e. The molecule has 1 N–H and O–H groups in total. The highest BCUT2D eigenvalue weighted by Gasteiger charge is 2.21. The lowest BCUT2D eigenvalue weighted by molar-refractivity contribution is -0.114. The van der Waals surface area contributed by atoms with Crippen LogP contribution in [0.4, 0.5) is 15.9 Å². The van der Waals surface area contributed by atoms with Crippen molar-refractivity contribution >= 4 is 39.8 Å². The molecular formula is C25H26ClFN4O3. The number of benzene rings is 2. The molecule has 0 saturated carbocycles. The van der Waals surface area contributed by atoms with E-state index in [4.69, 9.17) is 21.1 Å². The number of hydrogen-bond donors (Lipinski definition) is 1. The van der Waals surface area contributed by atoms with Gasteiger partial charge in [0.05, 0.1) is 23.8 Å². The first-order chi connectivity index (χ1) is 16.4. The van der Waals surface area contributed by atoms with Crippen LogP contribution >= 0.6 is 11.6 Å². The minimum absolute atomic E-state index is 0.00799. The van der Waals surface area contributed by atoms with Crippen LogP contribution in [-0.4, -0.2) is 60.6 Å². The molecule has 3 aromatic rings. The van der Waals surface area contributed by atoms with Crippen LogP contribution in [0.1, 0.15) is 12.0 Å².